The van der Waals surface area contributed by atoms with Crippen molar-refractivity contribution in [2.24, 2.45) is 0 Å². The van der Waals surface area contributed by atoms with E-state index in [2.05, 4.69) is 33.5 Å². The van der Waals surface area contributed by atoms with Gasteiger partial charge in [-0.05, 0) is 39.3 Å². The lowest BCUT2D eigenvalue weighted by Gasteiger charge is -1.93. The number of hydrogen-bond donors (Lipinski definition) is 0. The Morgan fingerprint density at radius 2 is 1.54 bits per heavy atom. The van der Waals surface area contributed by atoms with Gasteiger partial charge in [-0.25, -0.2) is 0 Å². The molecule has 0 radical (unpaired) electrons. The van der Waals surface area contributed by atoms with Crippen LogP contribution >= 0.6 is 9.24 Å². The summed E-state index contributed by atoms with van der Waals surface area (Å²) in [5.74, 6) is 0. The molecule has 0 aliphatic carbocycles. The average molecular weight is 197 g/mol. The summed E-state index contributed by atoms with van der Waals surface area (Å²) in [6.45, 7) is 0. The lowest BCUT2D eigenvalue weighted by Crippen LogP contribution is -1.99. The Balaban J connectivity index is 0.000000310. The molecule has 1 aromatic rings. The molecule has 1 aromatic carbocycles. The molecule has 0 spiro atoms. The highest BCUT2D eigenvalue weighted by Gasteiger charge is 1.84. The van der Waals surface area contributed by atoms with E-state index in [0.29, 0.717) is 0 Å². The van der Waals surface area contributed by atoms with Gasteiger partial charge in [-0.15, -0.1) is 9.24 Å². The minimum Gasteiger partial charge on any atom is -0.312 e. The van der Waals surface area contributed by atoms with Crippen molar-refractivity contribution in [2.45, 2.75) is 6.42 Å². The maximum absolute atomic E-state index is 2.73. The molecule has 0 bridgehead atoms. The Hall–Kier alpha value is -0.390. The number of benzene rings is 1. The summed E-state index contributed by atoms with van der Waals surface area (Å²) in [5.41, 5.74) is 1.42. The van der Waals surface area contributed by atoms with Crippen molar-refractivity contribution in [1.29, 1.82) is 0 Å². The molecular weight excluding hydrogens is 177 g/mol. The lowest BCUT2D eigenvalue weighted by molar-refractivity contribution is 0.505. The third kappa shape index (κ3) is 9.52. The minimum absolute atomic E-state index is 1.16. The molecule has 1 unspecified atom stereocenters. The quantitative estimate of drug-likeness (QED) is 0.657. The van der Waals surface area contributed by atoms with Crippen LogP contribution < -0.4 is 0 Å². The highest BCUT2D eigenvalue weighted by atomic mass is 31.0. The van der Waals surface area contributed by atoms with Gasteiger partial charge in [0.25, 0.3) is 0 Å². The van der Waals surface area contributed by atoms with E-state index in [1.54, 1.807) is 0 Å². The van der Waals surface area contributed by atoms with Crippen molar-refractivity contribution in [1.82, 2.24) is 4.90 Å². The van der Waals surface area contributed by atoms with E-state index in [1.807, 2.05) is 32.1 Å². The van der Waals surface area contributed by atoms with E-state index < -0.39 is 0 Å². The summed E-state index contributed by atoms with van der Waals surface area (Å²) in [6, 6.07) is 10.5. The van der Waals surface area contributed by atoms with Crippen molar-refractivity contribution in [2.75, 3.05) is 27.3 Å². The van der Waals surface area contributed by atoms with Gasteiger partial charge in [0.15, 0.2) is 0 Å². The van der Waals surface area contributed by atoms with Gasteiger partial charge < -0.3 is 4.90 Å². The minimum atomic E-state index is 1.16. The van der Waals surface area contributed by atoms with Gasteiger partial charge in [0.1, 0.15) is 0 Å². The standard InChI is InChI=1S/C8H11P.C3H9N/c9-7-6-8-4-2-1-3-5-8;1-4(2)3/h1-5H,6-7,9H2;1-3H3. The maximum Gasteiger partial charge on any atom is -0.0140 e. The topological polar surface area (TPSA) is 3.24 Å². The lowest BCUT2D eigenvalue weighted by atomic mass is 10.2. The molecule has 0 saturated carbocycles. The van der Waals surface area contributed by atoms with Crippen LogP contribution in [0.5, 0.6) is 0 Å². The zero-order valence-corrected chi connectivity index (χ0v) is 9.98. The monoisotopic (exact) mass is 197 g/mol. The molecule has 0 aliphatic rings. The zero-order chi connectivity index (χ0) is 10.1. The largest absolute Gasteiger partial charge is 0.312 e. The number of rotatable bonds is 2. The molecular formula is C11H20NP. The molecule has 0 aromatic heterocycles. The van der Waals surface area contributed by atoms with E-state index in [9.17, 15) is 0 Å². The van der Waals surface area contributed by atoms with Crippen molar-refractivity contribution in [3.63, 3.8) is 0 Å². The van der Waals surface area contributed by atoms with Crippen LogP contribution in [0.4, 0.5) is 0 Å². The fraction of sp³-hybridized carbons (Fsp3) is 0.455. The van der Waals surface area contributed by atoms with Gasteiger partial charge in [0.2, 0.25) is 0 Å². The zero-order valence-electron chi connectivity index (χ0n) is 8.83. The molecule has 0 aliphatic heterocycles. The summed E-state index contributed by atoms with van der Waals surface area (Å²) in [4.78, 5) is 2.00. The van der Waals surface area contributed by atoms with Crippen LogP contribution in [0.2, 0.25) is 0 Å². The maximum atomic E-state index is 2.73. The number of hydrogen-bond acceptors (Lipinski definition) is 1. The second-order valence-corrected chi connectivity index (χ2v) is 3.94. The first kappa shape index (κ1) is 12.6. The van der Waals surface area contributed by atoms with Crippen LogP contribution in [0.15, 0.2) is 30.3 Å². The van der Waals surface area contributed by atoms with Crippen LogP contribution in [0.1, 0.15) is 5.56 Å². The summed E-state index contributed by atoms with van der Waals surface area (Å²) in [5, 5.41) is 0. The number of aryl methyl sites for hydroxylation is 1. The predicted molar refractivity (Wildman–Crippen MR) is 64.3 cm³/mol. The van der Waals surface area contributed by atoms with Gasteiger partial charge in [-0.3, -0.25) is 0 Å². The molecule has 1 nitrogen and oxygen atoms in total. The molecule has 74 valence electrons. The van der Waals surface area contributed by atoms with Crippen molar-refractivity contribution in [3.05, 3.63) is 35.9 Å². The first-order valence-electron chi connectivity index (χ1n) is 4.51. The van der Waals surface area contributed by atoms with Crippen molar-refractivity contribution >= 4 is 9.24 Å². The van der Waals surface area contributed by atoms with Gasteiger partial charge in [-0.1, -0.05) is 30.3 Å². The molecule has 0 amide bonds. The predicted octanol–water partition coefficient (Wildman–Crippen LogP) is 2.28. The first-order chi connectivity index (χ1) is 6.16. The highest BCUT2D eigenvalue weighted by molar-refractivity contribution is 7.16. The summed E-state index contributed by atoms with van der Waals surface area (Å²) < 4.78 is 0. The molecule has 0 heterocycles. The third-order valence-corrected chi connectivity index (χ3v) is 1.56. The van der Waals surface area contributed by atoms with Crippen LogP contribution in [0, 0.1) is 0 Å². The van der Waals surface area contributed by atoms with Gasteiger partial charge in [0, 0.05) is 0 Å². The summed E-state index contributed by atoms with van der Waals surface area (Å²) >= 11 is 0. The Morgan fingerprint density at radius 3 is 1.92 bits per heavy atom. The van der Waals surface area contributed by atoms with Crippen LogP contribution in [-0.2, 0) is 6.42 Å². The molecule has 0 saturated heterocycles. The Labute approximate surface area is 84.4 Å². The van der Waals surface area contributed by atoms with Crippen molar-refractivity contribution < 1.29 is 0 Å². The Bertz CT molecular complexity index is 194. The Kier molecular flexibility index (Phi) is 7.97. The van der Waals surface area contributed by atoms with Gasteiger partial charge in [0.05, 0.1) is 0 Å². The molecule has 1 rings (SSSR count). The number of nitrogens with zero attached hydrogens (tertiary/aromatic N) is 1. The normalized spacial score (nSPS) is 9.31. The van der Waals surface area contributed by atoms with Crippen LogP contribution in [0.3, 0.4) is 0 Å². The fourth-order valence-electron chi connectivity index (χ4n) is 0.811. The van der Waals surface area contributed by atoms with Gasteiger partial charge >= 0.3 is 0 Å². The Morgan fingerprint density at radius 1 is 1.08 bits per heavy atom. The second kappa shape index (κ2) is 8.22. The first-order valence-corrected chi connectivity index (χ1v) is 5.33. The third-order valence-electron chi connectivity index (χ3n) is 1.28. The molecule has 2 heteroatoms. The highest BCUT2D eigenvalue weighted by Crippen LogP contribution is 2.00. The van der Waals surface area contributed by atoms with E-state index in [1.165, 1.54) is 12.0 Å². The smallest absolute Gasteiger partial charge is 0.0140 e. The summed E-state index contributed by atoms with van der Waals surface area (Å²) in [6.07, 6.45) is 2.33. The van der Waals surface area contributed by atoms with Crippen molar-refractivity contribution in [3.8, 4) is 0 Å². The summed E-state index contributed by atoms with van der Waals surface area (Å²) in [7, 11) is 8.73. The average Bonchev–Trinajstić information content (AvgIpc) is 2.06. The van der Waals surface area contributed by atoms with E-state index in [4.69, 9.17) is 0 Å². The second-order valence-electron chi connectivity index (χ2n) is 3.37. The SMILES string of the molecule is CN(C)C.PCCc1ccccc1. The van der Waals surface area contributed by atoms with E-state index in [0.717, 1.165) is 6.16 Å². The van der Waals surface area contributed by atoms with Crippen LogP contribution in [0.25, 0.3) is 0 Å². The molecule has 0 fully saturated rings. The van der Waals surface area contributed by atoms with Gasteiger partial charge in [-0.2, -0.15) is 0 Å². The van der Waals surface area contributed by atoms with E-state index >= 15 is 0 Å². The van der Waals surface area contributed by atoms with E-state index in [-0.39, 0.29) is 0 Å². The molecule has 13 heavy (non-hydrogen) atoms. The fourth-order valence-corrected chi connectivity index (χ4v) is 1.14. The molecule has 1 atom stereocenters. The molecule has 0 N–H and O–H groups in total. The van der Waals surface area contributed by atoms with Crippen LogP contribution in [-0.4, -0.2) is 32.2 Å².